The molecule has 0 aliphatic carbocycles. The van der Waals surface area contributed by atoms with Crippen molar-refractivity contribution in [3.05, 3.63) is 69.8 Å². The van der Waals surface area contributed by atoms with Crippen molar-refractivity contribution < 1.29 is 37.7 Å². The van der Waals surface area contributed by atoms with E-state index in [1.165, 1.54) is 54.9 Å². The van der Waals surface area contributed by atoms with E-state index in [1.807, 2.05) is 0 Å². The van der Waals surface area contributed by atoms with Crippen LogP contribution < -0.4 is 48.1 Å². The predicted octanol–water partition coefficient (Wildman–Crippen LogP) is 1.74. The zero-order valence-corrected chi connectivity index (χ0v) is 24.1. The Morgan fingerprint density at radius 3 is 1.24 bits per heavy atom. The molecule has 0 radical (unpaired) electrons. The second-order valence-electron chi connectivity index (χ2n) is 10.9. The van der Waals surface area contributed by atoms with Crippen molar-refractivity contribution in [2.75, 3.05) is 0 Å². The van der Waals surface area contributed by atoms with E-state index in [-0.39, 0.29) is 37.7 Å². The van der Waals surface area contributed by atoms with Gasteiger partial charge in [0, 0.05) is 8.07 Å². The van der Waals surface area contributed by atoms with Crippen molar-refractivity contribution in [3.63, 3.8) is 0 Å². The summed E-state index contributed by atoms with van der Waals surface area (Å²) < 4.78 is 0. The molecule has 4 aromatic carbocycles. The number of benzene rings is 2. The van der Waals surface area contributed by atoms with E-state index in [9.17, 15) is 0 Å². The van der Waals surface area contributed by atoms with E-state index in [0.29, 0.717) is 11.8 Å². The maximum atomic E-state index is 2.57. The Balaban J connectivity index is 0.00000193. The molecule has 0 unspecified atom stereocenters. The fourth-order valence-electron chi connectivity index (χ4n) is 6.00. The van der Waals surface area contributed by atoms with Gasteiger partial charge in [-0.1, -0.05) is 89.0 Å². The molecule has 0 aliphatic rings. The normalized spacial score (nSPS) is 12.0. The van der Waals surface area contributed by atoms with E-state index in [1.54, 1.807) is 10.4 Å². The van der Waals surface area contributed by atoms with Crippen LogP contribution in [0.25, 0.3) is 21.5 Å². The third-order valence-corrected chi connectivity index (χ3v) is 11.2. The Bertz CT molecular complexity index is 1200. The van der Waals surface area contributed by atoms with E-state index in [2.05, 4.69) is 105 Å². The average molecular weight is 441 g/mol. The van der Waals surface area contributed by atoms with Gasteiger partial charge in [-0.3, -0.25) is 0 Å². The monoisotopic (exact) mass is 440 g/mol. The standard InChI is InChI=1S/C30H38Si.2Li/c1-17(2)23-11-19(5)27-25(15-23)13-21(7)29(27)31(9,10)30-22(8)14-26-16-24(18(3)4)12-20(6)28(26)30;;/h11-18H,1-10H3;;/q-2;2*+1. The van der Waals surface area contributed by atoms with Gasteiger partial charge < -0.3 is 0 Å². The third kappa shape index (κ3) is 4.66. The van der Waals surface area contributed by atoms with Gasteiger partial charge >= 0.3 is 37.7 Å². The number of aryl methyl sites for hydroxylation is 4. The molecule has 0 fully saturated rings. The summed E-state index contributed by atoms with van der Waals surface area (Å²) in [5.41, 5.74) is 8.73. The van der Waals surface area contributed by atoms with Crippen LogP contribution in [-0.4, -0.2) is 8.07 Å². The molecule has 4 aromatic rings. The zero-order valence-electron chi connectivity index (χ0n) is 23.1. The second-order valence-corrected chi connectivity index (χ2v) is 15.2. The van der Waals surface area contributed by atoms with Crippen LogP contribution in [0.5, 0.6) is 0 Å². The van der Waals surface area contributed by atoms with Gasteiger partial charge in [-0.2, -0.15) is 10.4 Å². The summed E-state index contributed by atoms with van der Waals surface area (Å²) >= 11 is 0. The zero-order chi connectivity index (χ0) is 22.8. The summed E-state index contributed by atoms with van der Waals surface area (Å²) in [7, 11) is -1.92. The fraction of sp³-hybridized carbons (Fsp3) is 0.400. The molecule has 0 bridgehead atoms. The summed E-state index contributed by atoms with van der Waals surface area (Å²) in [4.78, 5) is 0. The van der Waals surface area contributed by atoms with Gasteiger partial charge in [0.2, 0.25) is 0 Å². The first-order chi connectivity index (χ1) is 14.4. The molecule has 0 N–H and O–H groups in total. The molecule has 164 valence electrons. The van der Waals surface area contributed by atoms with Crippen LogP contribution in [0, 0.1) is 27.7 Å². The van der Waals surface area contributed by atoms with E-state index in [0.717, 1.165) is 0 Å². The summed E-state index contributed by atoms with van der Waals surface area (Å²) in [6.45, 7) is 23.6. The Morgan fingerprint density at radius 2 is 0.939 bits per heavy atom. The summed E-state index contributed by atoms with van der Waals surface area (Å²) in [5.74, 6) is 1.12. The maximum Gasteiger partial charge on any atom is 1.00 e. The van der Waals surface area contributed by atoms with Crippen molar-refractivity contribution in [1.82, 2.24) is 0 Å². The Labute approximate surface area is 226 Å². The van der Waals surface area contributed by atoms with Gasteiger partial charge in [0.15, 0.2) is 0 Å². The molecule has 4 rings (SSSR count). The second kappa shape index (κ2) is 9.98. The van der Waals surface area contributed by atoms with Gasteiger partial charge in [-0.25, -0.2) is 0 Å². The Hall–Kier alpha value is -0.928. The van der Waals surface area contributed by atoms with Crippen LogP contribution in [-0.2, 0) is 0 Å². The summed E-state index contributed by atoms with van der Waals surface area (Å²) in [6.07, 6.45) is 0. The first kappa shape index (κ1) is 28.3. The predicted molar refractivity (Wildman–Crippen MR) is 143 cm³/mol. The Kier molecular flexibility index (Phi) is 8.56. The minimum Gasteiger partial charge on any atom is -0.158 e. The van der Waals surface area contributed by atoms with Crippen molar-refractivity contribution >= 4 is 40.0 Å². The van der Waals surface area contributed by atoms with Crippen LogP contribution in [0.1, 0.15) is 72.9 Å². The number of rotatable bonds is 4. The van der Waals surface area contributed by atoms with Crippen molar-refractivity contribution in [1.29, 1.82) is 0 Å². The van der Waals surface area contributed by atoms with Crippen LogP contribution in [0.3, 0.4) is 0 Å². The molecule has 0 amide bonds. The molecule has 0 aromatic heterocycles. The van der Waals surface area contributed by atoms with E-state index >= 15 is 0 Å². The van der Waals surface area contributed by atoms with Crippen LogP contribution in [0.4, 0.5) is 0 Å². The fourth-order valence-corrected chi connectivity index (χ4v) is 10.3. The summed E-state index contributed by atoms with van der Waals surface area (Å²) in [6, 6.07) is 14.6. The largest absolute Gasteiger partial charge is 1.00 e. The SMILES string of the molecule is Cc1[cH-]c2cc(C(C)C)cc(C)c2c1[Si](C)(C)c1c(C)[cH-]c2cc(C(C)C)cc(C)c12.[Li+].[Li+]. The topological polar surface area (TPSA) is 0 Å². The van der Waals surface area contributed by atoms with Gasteiger partial charge in [-0.05, 0) is 25.7 Å². The number of hydrogen-bond donors (Lipinski definition) is 0. The van der Waals surface area contributed by atoms with E-state index < -0.39 is 8.07 Å². The summed E-state index contributed by atoms with van der Waals surface area (Å²) in [5, 5.41) is 9.18. The van der Waals surface area contributed by atoms with Gasteiger partial charge in [0.05, 0.1) is 0 Å². The van der Waals surface area contributed by atoms with Crippen molar-refractivity contribution in [2.45, 2.75) is 80.3 Å². The molecule has 33 heavy (non-hydrogen) atoms. The number of fused-ring (bicyclic) bond motifs is 2. The number of hydrogen-bond acceptors (Lipinski definition) is 0. The van der Waals surface area contributed by atoms with Crippen LogP contribution in [0.2, 0.25) is 13.1 Å². The first-order valence-corrected chi connectivity index (χ1v) is 14.9. The first-order valence-electron chi connectivity index (χ1n) is 11.9. The smallest absolute Gasteiger partial charge is 0.158 e. The Morgan fingerprint density at radius 1 is 0.606 bits per heavy atom. The molecule has 3 heteroatoms. The quantitative estimate of drug-likeness (QED) is 0.335. The average Bonchev–Trinajstić information content (AvgIpc) is 3.18. The molecule has 0 aliphatic heterocycles. The van der Waals surface area contributed by atoms with Crippen molar-refractivity contribution in [3.8, 4) is 0 Å². The van der Waals surface area contributed by atoms with Gasteiger partial charge in [0.1, 0.15) is 0 Å². The molecule has 0 spiro atoms. The molecule has 0 nitrogen and oxygen atoms in total. The molecule has 0 heterocycles. The third-order valence-electron chi connectivity index (χ3n) is 7.39. The molecular formula is C30H38Li2Si. The molecule has 0 saturated heterocycles. The maximum absolute atomic E-state index is 2.57. The van der Waals surface area contributed by atoms with Crippen LogP contribution >= 0.6 is 0 Å². The van der Waals surface area contributed by atoms with Gasteiger partial charge in [-0.15, -0.1) is 56.9 Å². The minimum atomic E-state index is -1.92. The molecule has 0 atom stereocenters. The van der Waals surface area contributed by atoms with Crippen LogP contribution in [0.15, 0.2) is 36.4 Å². The molecular weight excluding hydrogens is 402 g/mol. The molecule has 0 saturated carbocycles. The van der Waals surface area contributed by atoms with E-state index in [4.69, 9.17) is 0 Å². The van der Waals surface area contributed by atoms with Gasteiger partial charge in [0.25, 0.3) is 0 Å². The van der Waals surface area contributed by atoms with Crippen molar-refractivity contribution in [2.24, 2.45) is 0 Å². The minimum absolute atomic E-state index is 0.